The maximum atomic E-state index is 10.5. The summed E-state index contributed by atoms with van der Waals surface area (Å²) in [5.41, 5.74) is 2.40. The molecule has 1 saturated carbocycles. The zero-order chi connectivity index (χ0) is 22.2. The van der Waals surface area contributed by atoms with Crippen LogP contribution in [0.1, 0.15) is 50.7 Å². The molecule has 1 fully saturated rings. The minimum Gasteiger partial charge on any atom is -0.507 e. The standard InChI is InChI=1S/C25H33N3O3/c1-4-28(5-2)20-12-10-18(24(29)14-20)16-26-22-8-6-7-9-23(22)27-17-19-11-13-21(31-3)15-25(19)30/h10-17,22-23,29-30H,4-9H2,1-3H3. The van der Waals surface area contributed by atoms with Gasteiger partial charge in [-0.15, -0.1) is 0 Å². The van der Waals surface area contributed by atoms with Crippen LogP contribution >= 0.6 is 0 Å². The molecule has 0 aliphatic heterocycles. The van der Waals surface area contributed by atoms with E-state index in [1.807, 2.05) is 18.2 Å². The fourth-order valence-electron chi connectivity index (χ4n) is 3.98. The van der Waals surface area contributed by atoms with Gasteiger partial charge < -0.3 is 19.8 Å². The highest BCUT2D eigenvalue weighted by Gasteiger charge is 2.23. The number of anilines is 1. The van der Waals surface area contributed by atoms with Gasteiger partial charge in [0.1, 0.15) is 17.2 Å². The first-order valence-electron chi connectivity index (χ1n) is 11.1. The second-order valence-corrected chi connectivity index (χ2v) is 7.82. The van der Waals surface area contributed by atoms with Gasteiger partial charge in [0.2, 0.25) is 0 Å². The zero-order valence-electron chi connectivity index (χ0n) is 18.7. The lowest BCUT2D eigenvalue weighted by Crippen LogP contribution is -2.27. The minimum absolute atomic E-state index is 0.0589. The topological polar surface area (TPSA) is 77.7 Å². The number of benzene rings is 2. The van der Waals surface area contributed by atoms with Crippen LogP contribution in [-0.4, -0.2) is 54.9 Å². The Morgan fingerprint density at radius 3 is 1.94 bits per heavy atom. The van der Waals surface area contributed by atoms with Crippen molar-refractivity contribution >= 4 is 18.1 Å². The van der Waals surface area contributed by atoms with E-state index in [1.165, 1.54) is 0 Å². The molecular weight excluding hydrogens is 390 g/mol. The fraction of sp³-hybridized carbons (Fsp3) is 0.440. The van der Waals surface area contributed by atoms with Gasteiger partial charge >= 0.3 is 0 Å². The summed E-state index contributed by atoms with van der Waals surface area (Å²) in [7, 11) is 1.57. The van der Waals surface area contributed by atoms with E-state index in [4.69, 9.17) is 14.7 Å². The van der Waals surface area contributed by atoms with Gasteiger partial charge in [-0.05, 0) is 51.0 Å². The number of nitrogens with zero attached hydrogens (tertiary/aromatic N) is 3. The Morgan fingerprint density at radius 2 is 1.45 bits per heavy atom. The second kappa shape index (κ2) is 10.8. The second-order valence-electron chi connectivity index (χ2n) is 7.82. The van der Waals surface area contributed by atoms with E-state index in [9.17, 15) is 10.2 Å². The Hall–Kier alpha value is -3.02. The summed E-state index contributed by atoms with van der Waals surface area (Å²) in [6.45, 7) is 6.00. The first-order chi connectivity index (χ1) is 15.0. The quantitative estimate of drug-likeness (QED) is 0.598. The summed E-state index contributed by atoms with van der Waals surface area (Å²) in [4.78, 5) is 11.7. The highest BCUT2D eigenvalue weighted by molar-refractivity contribution is 5.85. The van der Waals surface area contributed by atoms with E-state index in [0.29, 0.717) is 11.3 Å². The Bertz CT molecular complexity index is 922. The summed E-state index contributed by atoms with van der Waals surface area (Å²) in [6, 6.07) is 11.1. The summed E-state index contributed by atoms with van der Waals surface area (Å²) in [6.07, 6.45) is 7.66. The number of aromatic hydroxyl groups is 2. The Morgan fingerprint density at radius 1 is 0.903 bits per heavy atom. The third kappa shape index (κ3) is 5.78. The van der Waals surface area contributed by atoms with Gasteiger partial charge in [0.25, 0.3) is 0 Å². The third-order valence-electron chi connectivity index (χ3n) is 5.88. The monoisotopic (exact) mass is 423 g/mol. The molecule has 31 heavy (non-hydrogen) atoms. The van der Waals surface area contributed by atoms with Crippen molar-refractivity contribution in [2.75, 3.05) is 25.1 Å². The average Bonchev–Trinajstić information content (AvgIpc) is 2.79. The van der Waals surface area contributed by atoms with Crippen LogP contribution in [0.2, 0.25) is 0 Å². The lowest BCUT2D eigenvalue weighted by Gasteiger charge is -2.25. The van der Waals surface area contributed by atoms with Gasteiger partial charge in [-0.25, -0.2) is 0 Å². The highest BCUT2D eigenvalue weighted by atomic mass is 16.5. The lowest BCUT2D eigenvalue weighted by molar-refractivity contribution is 0.390. The average molecular weight is 424 g/mol. The van der Waals surface area contributed by atoms with E-state index in [-0.39, 0.29) is 23.6 Å². The summed E-state index contributed by atoms with van der Waals surface area (Å²) < 4.78 is 5.13. The number of rotatable bonds is 8. The molecule has 0 heterocycles. The van der Waals surface area contributed by atoms with Crippen molar-refractivity contribution in [3.05, 3.63) is 47.5 Å². The van der Waals surface area contributed by atoms with Crippen molar-refractivity contribution in [1.29, 1.82) is 0 Å². The minimum atomic E-state index is 0.0589. The largest absolute Gasteiger partial charge is 0.507 e. The van der Waals surface area contributed by atoms with Gasteiger partial charge in [0.15, 0.2) is 0 Å². The van der Waals surface area contributed by atoms with E-state index < -0.39 is 0 Å². The molecule has 0 aromatic heterocycles. The summed E-state index contributed by atoms with van der Waals surface area (Å²) in [5.74, 6) is 1.01. The van der Waals surface area contributed by atoms with Gasteiger partial charge in [0.05, 0.1) is 19.2 Å². The number of hydrogen-bond acceptors (Lipinski definition) is 6. The maximum Gasteiger partial charge on any atom is 0.128 e. The number of phenols is 2. The Kier molecular flexibility index (Phi) is 7.93. The van der Waals surface area contributed by atoms with Gasteiger partial charge in [-0.3, -0.25) is 9.98 Å². The summed E-state index contributed by atoms with van der Waals surface area (Å²) >= 11 is 0. The number of phenolic OH excluding ortho intramolecular Hbond substituents is 2. The van der Waals surface area contributed by atoms with E-state index in [1.54, 1.807) is 37.7 Å². The normalized spacial score (nSPS) is 19.2. The molecule has 3 rings (SSSR count). The molecule has 0 saturated heterocycles. The molecule has 2 aromatic carbocycles. The van der Waals surface area contributed by atoms with E-state index in [0.717, 1.165) is 50.0 Å². The van der Waals surface area contributed by atoms with Crippen molar-refractivity contribution in [1.82, 2.24) is 0 Å². The predicted molar refractivity (Wildman–Crippen MR) is 128 cm³/mol. The van der Waals surface area contributed by atoms with Crippen molar-refractivity contribution in [3.63, 3.8) is 0 Å². The van der Waals surface area contributed by atoms with Crippen LogP contribution in [0.4, 0.5) is 5.69 Å². The van der Waals surface area contributed by atoms with Crippen LogP contribution in [0.15, 0.2) is 46.4 Å². The van der Waals surface area contributed by atoms with Crippen molar-refractivity contribution in [2.45, 2.75) is 51.6 Å². The molecule has 0 bridgehead atoms. The molecule has 6 heteroatoms. The lowest BCUT2D eigenvalue weighted by atomic mass is 9.91. The summed E-state index contributed by atoms with van der Waals surface area (Å²) in [5, 5.41) is 20.6. The van der Waals surface area contributed by atoms with Gasteiger partial charge in [-0.1, -0.05) is 12.8 Å². The molecule has 0 radical (unpaired) electrons. The molecule has 1 aliphatic rings. The van der Waals surface area contributed by atoms with Crippen LogP contribution in [-0.2, 0) is 0 Å². The molecule has 1 aliphatic carbocycles. The first kappa shape index (κ1) is 22.7. The first-order valence-corrected chi connectivity index (χ1v) is 11.1. The number of hydrogen-bond donors (Lipinski definition) is 2. The zero-order valence-corrected chi connectivity index (χ0v) is 18.7. The van der Waals surface area contributed by atoms with Crippen LogP contribution in [0.5, 0.6) is 17.2 Å². The maximum absolute atomic E-state index is 10.5. The molecule has 6 nitrogen and oxygen atoms in total. The van der Waals surface area contributed by atoms with Crippen LogP contribution in [0.3, 0.4) is 0 Å². The molecule has 2 N–H and O–H groups in total. The molecule has 0 spiro atoms. The van der Waals surface area contributed by atoms with Crippen molar-refractivity contribution in [2.24, 2.45) is 9.98 Å². The number of methoxy groups -OCH3 is 1. The van der Waals surface area contributed by atoms with E-state index >= 15 is 0 Å². The number of ether oxygens (including phenoxy) is 1. The highest BCUT2D eigenvalue weighted by Crippen LogP contribution is 2.27. The molecule has 2 unspecified atom stereocenters. The fourth-order valence-corrected chi connectivity index (χ4v) is 3.98. The smallest absolute Gasteiger partial charge is 0.128 e. The SMILES string of the molecule is CCN(CC)c1ccc(C=NC2CCCCC2N=Cc2ccc(OC)cc2O)c(O)c1. The molecule has 166 valence electrons. The van der Waals surface area contributed by atoms with E-state index in [2.05, 4.69) is 18.7 Å². The van der Waals surface area contributed by atoms with Gasteiger partial charge in [0, 0.05) is 54.5 Å². The Labute approximate surface area is 184 Å². The molecule has 0 amide bonds. The molecule has 2 aromatic rings. The molecule has 2 atom stereocenters. The van der Waals surface area contributed by atoms with Crippen molar-refractivity contribution in [3.8, 4) is 17.2 Å². The van der Waals surface area contributed by atoms with Crippen LogP contribution in [0, 0.1) is 0 Å². The third-order valence-corrected chi connectivity index (χ3v) is 5.88. The molecular formula is C25H33N3O3. The number of aliphatic imine (C=N–C) groups is 2. The van der Waals surface area contributed by atoms with Crippen molar-refractivity contribution < 1.29 is 14.9 Å². The Balaban J connectivity index is 1.73. The predicted octanol–water partition coefficient (Wildman–Crippen LogP) is 4.80. The van der Waals surface area contributed by atoms with Crippen LogP contribution < -0.4 is 9.64 Å². The van der Waals surface area contributed by atoms with Gasteiger partial charge in [-0.2, -0.15) is 0 Å². The van der Waals surface area contributed by atoms with Crippen LogP contribution in [0.25, 0.3) is 0 Å².